The summed E-state index contributed by atoms with van der Waals surface area (Å²) in [6, 6.07) is 28.1. The van der Waals surface area contributed by atoms with E-state index in [1.54, 1.807) is 48.5 Å². The van der Waals surface area contributed by atoms with Crippen LogP contribution in [0, 0.1) is 5.92 Å². The van der Waals surface area contributed by atoms with Crippen LogP contribution in [0.4, 0.5) is 0 Å². The van der Waals surface area contributed by atoms with Crippen LogP contribution >= 0.6 is 0 Å². The van der Waals surface area contributed by atoms with E-state index in [9.17, 15) is 20.1 Å². The Morgan fingerprint density at radius 1 is 0.611 bits per heavy atom. The summed E-state index contributed by atoms with van der Waals surface area (Å²) in [7, 11) is 0. The number of hydrogen-bond donors (Lipinski definition) is 3. The Morgan fingerprint density at radius 2 is 0.917 bits per heavy atom. The summed E-state index contributed by atoms with van der Waals surface area (Å²) in [5.74, 6) is 0.470. The zero-order valence-corrected chi connectivity index (χ0v) is 20.2. The van der Waals surface area contributed by atoms with Gasteiger partial charge in [-0.25, -0.2) is 0 Å². The Labute approximate surface area is 210 Å². The quantitative estimate of drug-likeness (QED) is 0.154. The molecule has 0 fully saturated rings. The molecular weight excluding hydrogens is 452 g/mol. The number of rotatable bonds is 7. The second-order valence-electron chi connectivity index (χ2n) is 8.65. The molecule has 3 N–H and O–H groups in total. The first-order chi connectivity index (χ1) is 17.4. The molecule has 0 aromatic heterocycles. The van der Waals surface area contributed by atoms with E-state index in [-0.39, 0.29) is 29.1 Å². The molecule has 0 radical (unpaired) electrons. The lowest BCUT2D eigenvalue weighted by Crippen LogP contribution is -2.16. The van der Waals surface area contributed by atoms with Crippen LogP contribution in [0.1, 0.15) is 42.5 Å². The molecule has 0 spiro atoms. The number of aromatic hydroxyl groups is 3. The zero-order chi connectivity index (χ0) is 25.7. The molecule has 1 unspecified atom stereocenters. The molecular formula is C31H28O5. The van der Waals surface area contributed by atoms with Gasteiger partial charge < -0.3 is 20.1 Å². The maximum Gasteiger partial charge on any atom is 0.314 e. The molecule has 0 saturated heterocycles. The largest absolute Gasteiger partial charge is 0.508 e. The first kappa shape index (κ1) is 24.6. The molecule has 0 aliphatic heterocycles. The minimum absolute atomic E-state index is 0.154. The van der Waals surface area contributed by atoms with Crippen LogP contribution in [0.2, 0.25) is 0 Å². The van der Waals surface area contributed by atoms with Gasteiger partial charge in [0, 0.05) is 0 Å². The van der Waals surface area contributed by atoms with Gasteiger partial charge in [0.15, 0.2) is 0 Å². The van der Waals surface area contributed by atoms with Gasteiger partial charge in [0.05, 0.1) is 5.92 Å². The van der Waals surface area contributed by atoms with Crippen LogP contribution in [-0.4, -0.2) is 21.3 Å². The average Bonchev–Trinajstić information content (AvgIpc) is 2.89. The maximum absolute atomic E-state index is 12.3. The highest BCUT2D eigenvalue weighted by atomic mass is 16.5. The van der Waals surface area contributed by atoms with Crippen LogP contribution in [0.3, 0.4) is 0 Å². The van der Waals surface area contributed by atoms with Gasteiger partial charge in [0.25, 0.3) is 0 Å². The van der Waals surface area contributed by atoms with Gasteiger partial charge in [0.1, 0.15) is 23.0 Å². The van der Waals surface area contributed by atoms with E-state index in [1.165, 1.54) is 0 Å². The summed E-state index contributed by atoms with van der Waals surface area (Å²) in [5, 5.41) is 29.7. The molecule has 0 aliphatic carbocycles. The summed E-state index contributed by atoms with van der Waals surface area (Å²) in [5.41, 5.74) is 5.16. The molecule has 5 heteroatoms. The minimum atomic E-state index is -0.270. The van der Waals surface area contributed by atoms with E-state index >= 15 is 0 Å². The lowest BCUT2D eigenvalue weighted by molar-refractivity contribution is -0.138. The first-order valence-electron chi connectivity index (χ1n) is 11.8. The van der Waals surface area contributed by atoms with Crippen molar-refractivity contribution in [3.05, 3.63) is 119 Å². The number of ether oxygens (including phenoxy) is 1. The lowest BCUT2D eigenvalue weighted by atomic mass is 9.85. The van der Waals surface area contributed by atoms with Crippen LogP contribution in [-0.2, 0) is 4.79 Å². The fourth-order valence-electron chi connectivity index (χ4n) is 3.87. The van der Waals surface area contributed by atoms with Crippen molar-refractivity contribution >= 4 is 17.1 Å². The highest BCUT2D eigenvalue weighted by Gasteiger charge is 2.18. The number of phenolic OH excluding ortho intramolecular Hbond substituents is 3. The Hall–Kier alpha value is -4.51. The molecule has 4 aromatic carbocycles. The standard InChI is InChI=1S/C31H28O5/c1-3-20(2)31(35)36-28-18-10-24(11-19-28)30(23-8-16-27(34)17-9-23)29(21-4-12-25(32)13-5-21)22-6-14-26(33)15-7-22/h4-20,32-34H,3H2,1-2H3. The van der Waals surface area contributed by atoms with Gasteiger partial charge in [-0.3, -0.25) is 4.79 Å². The Balaban J connectivity index is 1.92. The second-order valence-corrected chi connectivity index (χ2v) is 8.65. The van der Waals surface area contributed by atoms with Crippen molar-refractivity contribution in [1.82, 2.24) is 0 Å². The predicted octanol–water partition coefficient (Wildman–Crippen LogP) is 6.76. The van der Waals surface area contributed by atoms with E-state index in [0.29, 0.717) is 12.2 Å². The van der Waals surface area contributed by atoms with Crippen LogP contribution in [0.5, 0.6) is 23.0 Å². The van der Waals surface area contributed by atoms with Crippen LogP contribution in [0.25, 0.3) is 11.1 Å². The van der Waals surface area contributed by atoms with Crippen LogP contribution < -0.4 is 4.74 Å². The average molecular weight is 481 g/mol. The number of benzene rings is 4. The summed E-state index contributed by atoms with van der Waals surface area (Å²) in [4.78, 5) is 12.3. The van der Waals surface area contributed by atoms with Crippen molar-refractivity contribution in [2.24, 2.45) is 5.92 Å². The third-order valence-corrected chi connectivity index (χ3v) is 6.09. The summed E-state index contributed by atoms with van der Waals surface area (Å²) < 4.78 is 5.54. The SMILES string of the molecule is CCC(C)C(=O)Oc1ccc(C(=C(c2ccc(O)cc2)c2ccc(O)cc2)c2ccc(O)cc2)cc1. The number of phenols is 3. The number of carbonyl (C=O) groups is 1. The van der Waals surface area contributed by atoms with Gasteiger partial charge in [-0.1, -0.05) is 62.4 Å². The zero-order valence-electron chi connectivity index (χ0n) is 20.2. The molecule has 36 heavy (non-hydrogen) atoms. The predicted molar refractivity (Wildman–Crippen MR) is 141 cm³/mol. The topological polar surface area (TPSA) is 87.0 Å². The molecule has 1 atom stereocenters. The van der Waals surface area contributed by atoms with Crippen LogP contribution in [0.15, 0.2) is 97.1 Å². The van der Waals surface area contributed by atoms with Gasteiger partial charge in [-0.15, -0.1) is 0 Å². The van der Waals surface area contributed by atoms with Crippen molar-refractivity contribution in [3.63, 3.8) is 0 Å². The normalized spacial score (nSPS) is 11.5. The molecule has 0 amide bonds. The van der Waals surface area contributed by atoms with Gasteiger partial charge in [0.2, 0.25) is 0 Å². The monoisotopic (exact) mass is 480 g/mol. The second kappa shape index (κ2) is 10.8. The summed E-state index contributed by atoms with van der Waals surface area (Å²) >= 11 is 0. The van der Waals surface area contributed by atoms with E-state index in [2.05, 4.69) is 0 Å². The van der Waals surface area contributed by atoms with Gasteiger partial charge in [-0.05, 0) is 88.4 Å². The molecule has 182 valence electrons. The van der Waals surface area contributed by atoms with Crippen molar-refractivity contribution in [3.8, 4) is 23.0 Å². The fourth-order valence-corrected chi connectivity index (χ4v) is 3.87. The summed E-state index contributed by atoms with van der Waals surface area (Å²) in [6.45, 7) is 3.78. The highest BCUT2D eigenvalue weighted by molar-refractivity contribution is 6.04. The molecule has 0 bridgehead atoms. The smallest absolute Gasteiger partial charge is 0.314 e. The molecule has 4 aromatic rings. The van der Waals surface area contributed by atoms with Gasteiger partial charge in [-0.2, -0.15) is 0 Å². The molecule has 4 rings (SSSR count). The third kappa shape index (κ3) is 5.58. The van der Waals surface area contributed by atoms with Crippen molar-refractivity contribution in [2.45, 2.75) is 20.3 Å². The first-order valence-corrected chi connectivity index (χ1v) is 11.8. The number of esters is 1. The number of hydrogen-bond acceptors (Lipinski definition) is 5. The Kier molecular flexibility index (Phi) is 7.40. The highest BCUT2D eigenvalue weighted by Crippen LogP contribution is 2.38. The third-order valence-electron chi connectivity index (χ3n) is 6.09. The Bertz CT molecular complexity index is 1300. The minimum Gasteiger partial charge on any atom is -0.508 e. The van der Waals surface area contributed by atoms with Crippen molar-refractivity contribution < 1.29 is 24.9 Å². The molecule has 0 aliphatic rings. The maximum atomic E-state index is 12.3. The Morgan fingerprint density at radius 3 is 1.22 bits per heavy atom. The molecule has 0 saturated carbocycles. The molecule has 0 heterocycles. The van der Waals surface area contributed by atoms with Crippen molar-refractivity contribution in [1.29, 1.82) is 0 Å². The summed E-state index contributed by atoms with van der Waals surface area (Å²) in [6.07, 6.45) is 0.702. The van der Waals surface area contributed by atoms with E-state index in [1.807, 2.05) is 62.4 Å². The lowest BCUT2D eigenvalue weighted by Gasteiger charge is -2.19. The fraction of sp³-hybridized carbons (Fsp3) is 0.129. The number of carbonyl (C=O) groups excluding carboxylic acids is 1. The van der Waals surface area contributed by atoms with E-state index < -0.39 is 0 Å². The van der Waals surface area contributed by atoms with E-state index in [4.69, 9.17) is 4.74 Å². The molecule has 5 nitrogen and oxygen atoms in total. The van der Waals surface area contributed by atoms with E-state index in [0.717, 1.165) is 33.4 Å². The van der Waals surface area contributed by atoms with Crippen molar-refractivity contribution in [2.75, 3.05) is 0 Å². The van der Waals surface area contributed by atoms with Gasteiger partial charge >= 0.3 is 5.97 Å².